The summed E-state index contributed by atoms with van der Waals surface area (Å²) in [4.78, 5) is 12.5. The van der Waals surface area contributed by atoms with Crippen molar-refractivity contribution in [1.82, 2.24) is 14.8 Å². The predicted octanol–water partition coefficient (Wildman–Crippen LogP) is 7.90. The number of amides is 1. The van der Waals surface area contributed by atoms with Gasteiger partial charge in [-0.1, -0.05) is 81.9 Å². The normalized spacial score (nSPS) is 10.9. The Hall–Kier alpha value is -1.06. The number of nitrogens with one attached hydrogen (secondary N) is 1. The van der Waals surface area contributed by atoms with E-state index in [9.17, 15) is 4.79 Å². The first-order valence-corrected chi connectivity index (χ1v) is 13.4. The molecule has 5 nitrogen and oxygen atoms in total. The van der Waals surface area contributed by atoms with E-state index in [-0.39, 0.29) is 21.7 Å². The number of allylic oxidation sites excluding steroid dienone is 1. The molecular weight excluding hydrogens is 566 g/mol. The molecule has 0 saturated heterocycles. The van der Waals surface area contributed by atoms with Crippen molar-refractivity contribution in [3.8, 4) is 0 Å². The quantitative estimate of drug-likeness (QED) is 0.195. The van der Waals surface area contributed by atoms with Gasteiger partial charge in [-0.15, -0.1) is 28.5 Å². The molecule has 1 N–H and O–H groups in total. The van der Waals surface area contributed by atoms with Crippen molar-refractivity contribution in [2.45, 2.75) is 23.2 Å². The third-order valence-electron chi connectivity index (χ3n) is 4.21. The molecule has 0 aliphatic carbocycles. The molecule has 1 heterocycles. The van der Waals surface area contributed by atoms with Crippen molar-refractivity contribution in [3.63, 3.8) is 0 Å². The van der Waals surface area contributed by atoms with Crippen LogP contribution in [0.1, 0.15) is 11.4 Å². The molecule has 0 unspecified atom stereocenters. The fraction of sp³-hybridized carbons (Fsp3) is 0.190. The lowest BCUT2D eigenvalue weighted by Gasteiger charge is -2.10. The Morgan fingerprint density at radius 2 is 1.70 bits per heavy atom. The number of halogens is 5. The Morgan fingerprint density at radius 3 is 2.36 bits per heavy atom. The number of carbonyl (C=O) groups excluding carboxylic acids is 1. The van der Waals surface area contributed by atoms with Crippen molar-refractivity contribution >= 4 is 93.1 Å². The number of hydrogen-bond donors (Lipinski definition) is 1. The topological polar surface area (TPSA) is 59.8 Å². The Labute approximate surface area is 225 Å². The average molecular weight is 583 g/mol. The van der Waals surface area contributed by atoms with E-state index in [4.69, 9.17) is 58.0 Å². The highest BCUT2D eigenvalue weighted by Crippen LogP contribution is 2.34. The lowest BCUT2D eigenvalue weighted by atomic mass is 10.2. The van der Waals surface area contributed by atoms with E-state index in [1.165, 1.54) is 23.9 Å². The molecule has 3 aromatic rings. The van der Waals surface area contributed by atoms with Crippen molar-refractivity contribution in [2.24, 2.45) is 0 Å². The fourth-order valence-corrected chi connectivity index (χ4v) is 5.91. The van der Waals surface area contributed by atoms with Crippen LogP contribution in [0.4, 0.5) is 5.69 Å². The van der Waals surface area contributed by atoms with Gasteiger partial charge in [-0.2, -0.15) is 0 Å². The summed E-state index contributed by atoms with van der Waals surface area (Å²) in [6, 6.07) is 8.47. The van der Waals surface area contributed by atoms with Crippen LogP contribution in [0.15, 0.2) is 48.1 Å². The number of hydrogen-bond acceptors (Lipinski definition) is 5. The third kappa shape index (κ3) is 7.46. The summed E-state index contributed by atoms with van der Waals surface area (Å²) in [6.45, 7) is 4.32. The molecule has 0 atom stereocenters. The fourth-order valence-electron chi connectivity index (χ4n) is 2.70. The summed E-state index contributed by atoms with van der Waals surface area (Å²) in [5.41, 5.74) is 1.31. The van der Waals surface area contributed by atoms with Crippen molar-refractivity contribution in [2.75, 3.05) is 11.1 Å². The maximum Gasteiger partial charge on any atom is 0.234 e. The molecule has 0 radical (unpaired) electrons. The summed E-state index contributed by atoms with van der Waals surface area (Å²) in [5.74, 6) is 1.90. The lowest BCUT2D eigenvalue weighted by molar-refractivity contribution is -0.113. The van der Waals surface area contributed by atoms with Crippen molar-refractivity contribution in [1.29, 1.82) is 0 Å². The minimum absolute atomic E-state index is 0.0953. The Kier molecular flexibility index (Phi) is 10.1. The van der Waals surface area contributed by atoms with Crippen LogP contribution in [0.5, 0.6) is 0 Å². The lowest BCUT2D eigenvalue weighted by Crippen LogP contribution is -2.15. The molecule has 0 aliphatic heterocycles. The zero-order valence-corrected chi connectivity index (χ0v) is 22.4. The molecular formula is C21H17Cl5N4OS2. The number of rotatable bonds is 10. The van der Waals surface area contributed by atoms with E-state index in [1.54, 1.807) is 23.9 Å². The number of benzene rings is 2. The van der Waals surface area contributed by atoms with E-state index in [2.05, 4.69) is 22.1 Å². The van der Waals surface area contributed by atoms with Gasteiger partial charge < -0.3 is 9.88 Å². The molecule has 0 saturated carbocycles. The minimum atomic E-state index is -0.285. The molecule has 1 aromatic heterocycles. The maximum atomic E-state index is 12.5. The first kappa shape index (κ1) is 26.5. The molecule has 0 aliphatic rings. The van der Waals surface area contributed by atoms with Gasteiger partial charge >= 0.3 is 0 Å². The molecule has 0 bridgehead atoms. The summed E-state index contributed by atoms with van der Waals surface area (Å²) in [5, 5.41) is 14.0. The second kappa shape index (κ2) is 12.6. The zero-order valence-electron chi connectivity index (χ0n) is 17.0. The largest absolute Gasteiger partial charge is 0.323 e. The van der Waals surface area contributed by atoms with E-state index < -0.39 is 0 Å². The van der Waals surface area contributed by atoms with Crippen LogP contribution in [-0.4, -0.2) is 26.4 Å². The highest BCUT2D eigenvalue weighted by Gasteiger charge is 2.16. The van der Waals surface area contributed by atoms with E-state index in [0.717, 1.165) is 11.4 Å². The molecule has 1 amide bonds. The first-order valence-electron chi connectivity index (χ1n) is 9.40. The molecule has 33 heavy (non-hydrogen) atoms. The molecule has 12 heteroatoms. The minimum Gasteiger partial charge on any atom is -0.323 e. The summed E-state index contributed by atoms with van der Waals surface area (Å²) in [6.07, 6.45) is 1.75. The van der Waals surface area contributed by atoms with Gasteiger partial charge in [0.15, 0.2) is 5.16 Å². The van der Waals surface area contributed by atoms with Crippen LogP contribution in [0.3, 0.4) is 0 Å². The molecule has 0 spiro atoms. The van der Waals surface area contributed by atoms with Gasteiger partial charge in [-0.25, -0.2) is 0 Å². The van der Waals surface area contributed by atoms with Gasteiger partial charge in [0.05, 0.1) is 27.2 Å². The molecule has 174 valence electrons. The summed E-state index contributed by atoms with van der Waals surface area (Å²) >= 11 is 33.3. The van der Waals surface area contributed by atoms with Crippen LogP contribution in [-0.2, 0) is 22.8 Å². The number of aromatic nitrogens is 3. The van der Waals surface area contributed by atoms with Gasteiger partial charge in [-0.3, -0.25) is 4.79 Å². The van der Waals surface area contributed by atoms with Crippen LogP contribution in [0.25, 0.3) is 0 Å². The van der Waals surface area contributed by atoms with Crippen molar-refractivity contribution < 1.29 is 4.79 Å². The third-order valence-corrected chi connectivity index (χ3v) is 7.56. The monoisotopic (exact) mass is 580 g/mol. The van der Waals surface area contributed by atoms with Gasteiger partial charge in [0.1, 0.15) is 5.82 Å². The molecule has 2 aromatic carbocycles. The smallest absolute Gasteiger partial charge is 0.234 e. The van der Waals surface area contributed by atoms with E-state index in [1.807, 2.05) is 16.7 Å². The number of nitrogens with zero attached hydrogens (tertiary/aromatic N) is 3. The van der Waals surface area contributed by atoms with E-state index >= 15 is 0 Å². The summed E-state index contributed by atoms with van der Waals surface area (Å²) in [7, 11) is 0. The number of carbonyl (C=O) groups is 1. The number of thioether (sulfide) groups is 2. The maximum absolute atomic E-state index is 12.5. The SMILES string of the molecule is C=CCn1c(CSCc2ccc(Cl)cc2Cl)nnc1SCC(=O)Nc1c(Cl)cc(Cl)cc1Cl. The Bertz CT molecular complexity index is 1150. The first-order chi connectivity index (χ1) is 15.8. The second-order valence-electron chi connectivity index (χ2n) is 6.61. The Morgan fingerprint density at radius 1 is 1.00 bits per heavy atom. The second-order valence-corrected chi connectivity index (χ2v) is 10.6. The highest BCUT2D eigenvalue weighted by molar-refractivity contribution is 7.99. The zero-order chi connectivity index (χ0) is 24.0. The molecule has 0 fully saturated rings. The van der Waals surface area contributed by atoms with Gasteiger partial charge in [0.25, 0.3) is 0 Å². The summed E-state index contributed by atoms with van der Waals surface area (Å²) < 4.78 is 1.92. The standard InChI is InChI=1S/C21H17Cl5N4OS2/c1-2-5-30-18(10-32-9-12-3-4-13(22)6-15(12)24)28-29-21(30)33-11-19(31)27-20-16(25)7-14(23)8-17(20)26/h2-4,6-8H,1,5,9-11H2,(H,27,31). The predicted molar refractivity (Wildman–Crippen MR) is 143 cm³/mol. The van der Waals surface area contributed by atoms with Gasteiger partial charge in [0.2, 0.25) is 5.91 Å². The van der Waals surface area contributed by atoms with Gasteiger partial charge in [-0.05, 0) is 29.8 Å². The van der Waals surface area contributed by atoms with Crippen LogP contribution in [0.2, 0.25) is 25.1 Å². The molecule has 3 rings (SSSR count). The number of anilines is 1. The Balaban J connectivity index is 1.60. The van der Waals surface area contributed by atoms with E-state index in [0.29, 0.717) is 44.0 Å². The van der Waals surface area contributed by atoms with Gasteiger partial charge in [0, 0.05) is 27.4 Å². The van der Waals surface area contributed by atoms with Crippen LogP contribution in [0, 0.1) is 0 Å². The van der Waals surface area contributed by atoms with Crippen molar-refractivity contribution in [3.05, 3.63) is 79.5 Å². The highest BCUT2D eigenvalue weighted by atomic mass is 35.5. The average Bonchev–Trinajstić information content (AvgIpc) is 3.12. The van der Waals surface area contributed by atoms with Crippen LogP contribution >= 0.6 is 81.5 Å². The van der Waals surface area contributed by atoms with Crippen LogP contribution < -0.4 is 5.32 Å².